The van der Waals surface area contributed by atoms with Crippen LogP contribution in [-0.2, 0) is 6.61 Å². The van der Waals surface area contributed by atoms with Crippen molar-refractivity contribution < 1.29 is 9.47 Å². The van der Waals surface area contributed by atoms with E-state index in [2.05, 4.69) is 5.38 Å². The smallest absolute Gasteiger partial charge is 0.123 e. The number of hydrogen-bond donors (Lipinski definition) is 0. The molecule has 1 aromatic heterocycles. The third-order valence-corrected chi connectivity index (χ3v) is 4.30. The van der Waals surface area contributed by atoms with Crippen LogP contribution in [0.25, 0.3) is 10.1 Å². The predicted octanol–water partition coefficient (Wildman–Crippen LogP) is 5.14. The van der Waals surface area contributed by atoms with Gasteiger partial charge in [-0.3, -0.25) is 0 Å². The van der Waals surface area contributed by atoms with E-state index in [0.29, 0.717) is 6.61 Å². The second-order valence-corrected chi connectivity index (χ2v) is 5.72. The van der Waals surface area contributed by atoms with Crippen molar-refractivity contribution in [1.82, 2.24) is 0 Å². The van der Waals surface area contributed by atoms with E-state index < -0.39 is 0 Å². The number of thiophene rings is 1. The summed E-state index contributed by atoms with van der Waals surface area (Å²) in [5, 5.41) is 4.02. The molecule has 3 rings (SSSR count). The van der Waals surface area contributed by atoms with E-state index in [4.69, 9.17) is 21.1 Å². The number of rotatable bonds is 4. The molecule has 102 valence electrons. The Hall–Kier alpha value is -1.71. The van der Waals surface area contributed by atoms with Crippen molar-refractivity contribution in [2.45, 2.75) is 6.61 Å². The van der Waals surface area contributed by atoms with E-state index in [0.717, 1.165) is 27.5 Å². The van der Waals surface area contributed by atoms with Gasteiger partial charge in [0.25, 0.3) is 0 Å². The molecule has 0 N–H and O–H groups in total. The van der Waals surface area contributed by atoms with E-state index in [1.807, 2.05) is 42.5 Å². The molecular weight excluding hydrogens is 292 g/mol. The molecule has 2 nitrogen and oxygen atoms in total. The largest absolute Gasteiger partial charge is 0.497 e. The summed E-state index contributed by atoms with van der Waals surface area (Å²) >= 11 is 7.75. The summed E-state index contributed by atoms with van der Waals surface area (Å²) in [7, 11) is 1.65. The molecule has 4 heteroatoms. The molecule has 0 spiro atoms. The standard InChI is InChI=1S/C16H13ClO2S/c1-18-13-3-2-4-14(8-13)19-9-11-10-20-16-6-5-12(17)7-15(11)16/h2-8,10H,9H2,1H3. The van der Waals surface area contributed by atoms with E-state index in [1.165, 1.54) is 4.70 Å². The third kappa shape index (κ3) is 2.74. The molecule has 0 aliphatic carbocycles. The summed E-state index contributed by atoms with van der Waals surface area (Å²) in [5.41, 5.74) is 1.15. The van der Waals surface area contributed by atoms with Crippen molar-refractivity contribution in [2.24, 2.45) is 0 Å². The van der Waals surface area contributed by atoms with Gasteiger partial charge in [0.2, 0.25) is 0 Å². The Kier molecular flexibility index (Phi) is 3.81. The molecule has 0 amide bonds. The van der Waals surface area contributed by atoms with Gasteiger partial charge in [-0.15, -0.1) is 11.3 Å². The molecule has 0 aliphatic rings. The zero-order valence-electron chi connectivity index (χ0n) is 10.9. The Morgan fingerprint density at radius 2 is 1.95 bits per heavy atom. The first-order valence-electron chi connectivity index (χ1n) is 6.19. The van der Waals surface area contributed by atoms with Crippen LogP contribution in [0.1, 0.15) is 5.56 Å². The summed E-state index contributed by atoms with van der Waals surface area (Å²) in [4.78, 5) is 0. The number of halogens is 1. The van der Waals surface area contributed by atoms with Gasteiger partial charge in [-0.2, -0.15) is 0 Å². The quantitative estimate of drug-likeness (QED) is 0.664. The van der Waals surface area contributed by atoms with Crippen LogP contribution in [-0.4, -0.2) is 7.11 Å². The average molecular weight is 305 g/mol. The Morgan fingerprint density at radius 1 is 1.10 bits per heavy atom. The summed E-state index contributed by atoms with van der Waals surface area (Å²) in [5.74, 6) is 1.59. The molecule has 0 saturated heterocycles. The zero-order valence-corrected chi connectivity index (χ0v) is 12.5. The van der Waals surface area contributed by atoms with E-state index >= 15 is 0 Å². The highest BCUT2D eigenvalue weighted by Crippen LogP contribution is 2.29. The predicted molar refractivity (Wildman–Crippen MR) is 84.2 cm³/mol. The summed E-state index contributed by atoms with van der Waals surface area (Å²) in [6, 6.07) is 13.5. The van der Waals surface area contributed by atoms with Crippen LogP contribution in [0, 0.1) is 0 Å². The molecule has 0 radical (unpaired) electrons. The van der Waals surface area contributed by atoms with Crippen LogP contribution in [0.15, 0.2) is 47.8 Å². The monoisotopic (exact) mass is 304 g/mol. The van der Waals surface area contributed by atoms with Crippen LogP contribution in [0.4, 0.5) is 0 Å². The normalized spacial score (nSPS) is 10.7. The number of benzene rings is 2. The second kappa shape index (κ2) is 5.73. The van der Waals surface area contributed by atoms with Crippen molar-refractivity contribution in [2.75, 3.05) is 7.11 Å². The summed E-state index contributed by atoms with van der Waals surface area (Å²) in [6.45, 7) is 0.521. The topological polar surface area (TPSA) is 18.5 Å². The van der Waals surface area contributed by atoms with Crippen LogP contribution in [0.2, 0.25) is 5.02 Å². The molecule has 0 fully saturated rings. The van der Waals surface area contributed by atoms with Gasteiger partial charge in [-0.1, -0.05) is 17.7 Å². The maximum Gasteiger partial charge on any atom is 0.123 e. The van der Waals surface area contributed by atoms with Crippen molar-refractivity contribution >= 4 is 33.0 Å². The lowest BCUT2D eigenvalue weighted by Gasteiger charge is -2.07. The van der Waals surface area contributed by atoms with Crippen molar-refractivity contribution in [3.8, 4) is 11.5 Å². The molecule has 0 bridgehead atoms. The van der Waals surface area contributed by atoms with Gasteiger partial charge >= 0.3 is 0 Å². The minimum Gasteiger partial charge on any atom is -0.497 e. The van der Waals surface area contributed by atoms with Crippen molar-refractivity contribution in [1.29, 1.82) is 0 Å². The Balaban J connectivity index is 1.81. The van der Waals surface area contributed by atoms with Gasteiger partial charge < -0.3 is 9.47 Å². The highest BCUT2D eigenvalue weighted by molar-refractivity contribution is 7.17. The number of ether oxygens (including phenoxy) is 2. The van der Waals surface area contributed by atoms with Crippen LogP contribution < -0.4 is 9.47 Å². The Bertz CT molecular complexity index is 736. The van der Waals surface area contributed by atoms with Crippen molar-refractivity contribution in [3.63, 3.8) is 0 Å². The van der Waals surface area contributed by atoms with Gasteiger partial charge in [-0.05, 0) is 35.7 Å². The maximum atomic E-state index is 6.05. The Labute approximate surface area is 126 Å². The summed E-state index contributed by atoms with van der Waals surface area (Å²) < 4.78 is 12.2. The molecule has 3 aromatic rings. The average Bonchev–Trinajstić information content (AvgIpc) is 2.87. The maximum absolute atomic E-state index is 6.05. The second-order valence-electron chi connectivity index (χ2n) is 4.37. The first-order chi connectivity index (χ1) is 9.76. The third-order valence-electron chi connectivity index (χ3n) is 3.05. The molecular formula is C16H13ClO2S. The molecule has 20 heavy (non-hydrogen) atoms. The number of fused-ring (bicyclic) bond motifs is 1. The van der Waals surface area contributed by atoms with Crippen LogP contribution in [0.3, 0.4) is 0 Å². The molecule has 0 saturated carbocycles. The Morgan fingerprint density at radius 3 is 2.80 bits per heavy atom. The fourth-order valence-corrected chi connectivity index (χ4v) is 3.12. The zero-order chi connectivity index (χ0) is 13.9. The van der Waals surface area contributed by atoms with E-state index in [1.54, 1.807) is 18.4 Å². The van der Waals surface area contributed by atoms with Crippen LogP contribution in [0.5, 0.6) is 11.5 Å². The van der Waals surface area contributed by atoms with Gasteiger partial charge in [0.15, 0.2) is 0 Å². The van der Waals surface area contributed by atoms with E-state index in [-0.39, 0.29) is 0 Å². The molecule has 0 aliphatic heterocycles. The lowest BCUT2D eigenvalue weighted by atomic mass is 10.2. The van der Waals surface area contributed by atoms with Crippen molar-refractivity contribution in [3.05, 3.63) is 58.4 Å². The molecule has 2 aromatic carbocycles. The minimum absolute atomic E-state index is 0.521. The number of methoxy groups -OCH3 is 1. The first kappa shape index (κ1) is 13.3. The first-order valence-corrected chi connectivity index (χ1v) is 7.44. The lowest BCUT2D eigenvalue weighted by molar-refractivity contribution is 0.305. The highest BCUT2D eigenvalue weighted by atomic mass is 35.5. The van der Waals surface area contributed by atoms with Gasteiger partial charge in [-0.25, -0.2) is 0 Å². The lowest BCUT2D eigenvalue weighted by Crippen LogP contribution is -1.94. The minimum atomic E-state index is 0.521. The molecule has 1 heterocycles. The highest BCUT2D eigenvalue weighted by Gasteiger charge is 2.06. The molecule has 0 atom stereocenters. The fourth-order valence-electron chi connectivity index (χ4n) is 2.02. The number of hydrogen-bond acceptors (Lipinski definition) is 3. The SMILES string of the molecule is COc1cccc(OCc2csc3ccc(Cl)cc23)c1. The van der Waals surface area contributed by atoms with E-state index in [9.17, 15) is 0 Å². The summed E-state index contributed by atoms with van der Waals surface area (Å²) in [6.07, 6.45) is 0. The van der Waals surface area contributed by atoms with Gasteiger partial charge in [0, 0.05) is 26.7 Å². The van der Waals surface area contributed by atoms with Gasteiger partial charge in [0.05, 0.1) is 7.11 Å². The molecule has 0 unspecified atom stereocenters. The van der Waals surface area contributed by atoms with Crippen LogP contribution >= 0.6 is 22.9 Å². The fraction of sp³-hybridized carbons (Fsp3) is 0.125. The van der Waals surface area contributed by atoms with Gasteiger partial charge in [0.1, 0.15) is 18.1 Å².